The number of benzene rings is 2. The fraction of sp³-hybridized carbons (Fsp3) is 0.263. The van der Waals surface area contributed by atoms with Crippen LogP contribution in [0.15, 0.2) is 46.9 Å². The number of hydrogen-bond acceptors (Lipinski definition) is 6. The SMILES string of the molecule is Nc1nc2cc(-c3ccc([C@@H]4CNCCO4)cc3)ccc2o1.O=C(O)C(F)(F)F. The maximum absolute atomic E-state index is 10.6. The van der Waals surface area contributed by atoms with E-state index < -0.39 is 12.1 Å². The Bertz CT molecular complexity index is 981. The molecule has 0 spiro atoms. The molecule has 2 heterocycles. The number of nitrogens with one attached hydrogen (secondary N) is 1. The minimum Gasteiger partial charge on any atom is -0.475 e. The summed E-state index contributed by atoms with van der Waals surface area (Å²) in [5, 5.41) is 10.5. The maximum Gasteiger partial charge on any atom is 0.490 e. The van der Waals surface area contributed by atoms with Crippen molar-refractivity contribution in [1.29, 1.82) is 0 Å². The molecule has 0 bridgehead atoms. The van der Waals surface area contributed by atoms with Gasteiger partial charge in [-0.25, -0.2) is 4.79 Å². The van der Waals surface area contributed by atoms with Gasteiger partial charge in [0.15, 0.2) is 5.58 Å². The number of ether oxygens (including phenoxy) is 1. The second-order valence-corrected chi connectivity index (χ2v) is 6.22. The van der Waals surface area contributed by atoms with Crippen molar-refractivity contribution in [3.63, 3.8) is 0 Å². The highest BCUT2D eigenvalue weighted by Crippen LogP contribution is 2.27. The number of anilines is 1. The normalized spacial score (nSPS) is 16.9. The Kier molecular flexibility index (Phi) is 6.04. The molecule has 0 radical (unpaired) electrons. The molecule has 1 aliphatic rings. The van der Waals surface area contributed by atoms with E-state index in [0.29, 0.717) is 5.58 Å². The predicted octanol–water partition coefficient (Wildman–Crippen LogP) is 3.37. The second-order valence-electron chi connectivity index (χ2n) is 6.22. The number of nitrogens with two attached hydrogens (primary N) is 1. The van der Waals surface area contributed by atoms with Crippen molar-refractivity contribution >= 4 is 23.1 Å². The number of carboxylic acid groups (broad SMARTS) is 1. The predicted molar refractivity (Wildman–Crippen MR) is 99.1 cm³/mol. The van der Waals surface area contributed by atoms with E-state index in [1.54, 1.807) is 0 Å². The molecule has 1 aromatic heterocycles. The van der Waals surface area contributed by atoms with Crippen molar-refractivity contribution in [1.82, 2.24) is 10.3 Å². The van der Waals surface area contributed by atoms with Gasteiger partial charge < -0.3 is 25.3 Å². The first-order valence-electron chi connectivity index (χ1n) is 8.63. The zero-order valence-electron chi connectivity index (χ0n) is 15.1. The van der Waals surface area contributed by atoms with Crippen molar-refractivity contribution < 1.29 is 32.2 Å². The third-order valence-corrected chi connectivity index (χ3v) is 4.19. The van der Waals surface area contributed by atoms with Gasteiger partial charge >= 0.3 is 12.1 Å². The van der Waals surface area contributed by atoms with Crippen LogP contribution in [-0.2, 0) is 9.53 Å². The maximum atomic E-state index is 10.6. The lowest BCUT2D eigenvalue weighted by molar-refractivity contribution is -0.192. The van der Waals surface area contributed by atoms with Gasteiger partial charge in [-0.15, -0.1) is 0 Å². The summed E-state index contributed by atoms with van der Waals surface area (Å²) in [5.74, 6) is -2.76. The van der Waals surface area contributed by atoms with Crippen molar-refractivity contribution in [3.05, 3.63) is 48.0 Å². The Hall–Kier alpha value is -3.11. The fourth-order valence-electron chi connectivity index (χ4n) is 2.79. The van der Waals surface area contributed by atoms with Gasteiger partial charge in [-0.2, -0.15) is 18.2 Å². The average molecular weight is 409 g/mol. The lowest BCUT2D eigenvalue weighted by Gasteiger charge is -2.24. The summed E-state index contributed by atoms with van der Waals surface area (Å²) in [7, 11) is 0. The summed E-state index contributed by atoms with van der Waals surface area (Å²) in [6, 6.07) is 14.6. The summed E-state index contributed by atoms with van der Waals surface area (Å²) in [5.41, 5.74) is 10.5. The molecular weight excluding hydrogens is 391 g/mol. The minimum absolute atomic E-state index is 0.139. The van der Waals surface area contributed by atoms with Gasteiger partial charge in [-0.1, -0.05) is 30.3 Å². The number of alkyl halides is 3. The zero-order chi connectivity index (χ0) is 21.0. The van der Waals surface area contributed by atoms with Crippen LogP contribution in [-0.4, -0.2) is 41.9 Å². The summed E-state index contributed by atoms with van der Waals surface area (Å²) in [4.78, 5) is 13.1. The summed E-state index contributed by atoms with van der Waals surface area (Å²) in [6.45, 7) is 2.55. The van der Waals surface area contributed by atoms with Crippen LogP contribution < -0.4 is 11.1 Å². The number of fused-ring (bicyclic) bond motifs is 1. The number of carboxylic acids is 1. The van der Waals surface area contributed by atoms with Crippen molar-refractivity contribution in [3.8, 4) is 11.1 Å². The molecule has 1 saturated heterocycles. The molecule has 154 valence electrons. The Labute approximate surface area is 163 Å². The van der Waals surface area contributed by atoms with Crippen molar-refractivity contribution in [2.75, 3.05) is 25.4 Å². The monoisotopic (exact) mass is 409 g/mol. The Balaban J connectivity index is 0.000000298. The van der Waals surface area contributed by atoms with Gasteiger partial charge in [-0.3, -0.25) is 0 Å². The molecule has 1 atom stereocenters. The van der Waals surface area contributed by atoms with Gasteiger partial charge in [0.2, 0.25) is 0 Å². The highest BCUT2D eigenvalue weighted by atomic mass is 19.4. The van der Waals surface area contributed by atoms with Crippen LogP contribution in [0.2, 0.25) is 0 Å². The number of nitrogens with zero attached hydrogens (tertiary/aromatic N) is 1. The van der Waals surface area contributed by atoms with Crippen LogP contribution in [0.25, 0.3) is 22.2 Å². The number of rotatable bonds is 2. The Morgan fingerprint density at radius 3 is 2.41 bits per heavy atom. The smallest absolute Gasteiger partial charge is 0.475 e. The molecule has 1 aliphatic heterocycles. The van der Waals surface area contributed by atoms with Gasteiger partial charge in [-0.05, 0) is 28.8 Å². The Morgan fingerprint density at radius 1 is 1.17 bits per heavy atom. The van der Waals surface area contributed by atoms with Crippen LogP contribution >= 0.6 is 0 Å². The van der Waals surface area contributed by atoms with Crippen LogP contribution in [0.3, 0.4) is 0 Å². The average Bonchev–Trinajstić information content (AvgIpc) is 3.08. The first kappa shape index (κ1) is 20.6. The molecule has 10 heteroatoms. The summed E-state index contributed by atoms with van der Waals surface area (Å²) < 4.78 is 42.8. The number of nitrogen functional groups attached to an aromatic ring is 1. The Morgan fingerprint density at radius 2 is 1.83 bits per heavy atom. The van der Waals surface area contributed by atoms with E-state index in [4.69, 9.17) is 24.8 Å². The van der Waals surface area contributed by atoms with E-state index in [1.807, 2.05) is 18.2 Å². The molecule has 0 aliphatic carbocycles. The highest BCUT2D eigenvalue weighted by molar-refractivity contribution is 5.81. The third-order valence-electron chi connectivity index (χ3n) is 4.19. The number of oxazole rings is 1. The van der Waals surface area contributed by atoms with E-state index in [9.17, 15) is 13.2 Å². The lowest BCUT2D eigenvalue weighted by Crippen LogP contribution is -2.33. The van der Waals surface area contributed by atoms with Crippen LogP contribution in [0.4, 0.5) is 19.2 Å². The molecule has 0 unspecified atom stereocenters. The molecule has 29 heavy (non-hydrogen) atoms. The molecule has 1 fully saturated rings. The quantitative estimate of drug-likeness (QED) is 0.595. The molecular formula is C19H18F3N3O4. The number of hydrogen-bond donors (Lipinski definition) is 3. The van der Waals surface area contributed by atoms with Crippen LogP contribution in [0.1, 0.15) is 11.7 Å². The summed E-state index contributed by atoms with van der Waals surface area (Å²) in [6.07, 6.45) is -4.94. The van der Waals surface area contributed by atoms with E-state index >= 15 is 0 Å². The molecule has 0 amide bonds. The van der Waals surface area contributed by atoms with E-state index in [2.05, 4.69) is 34.6 Å². The van der Waals surface area contributed by atoms with E-state index in [1.165, 1.54) is 5.56 Å². The topological polar surface area (TPSA) is 111 Å². The minimum atomic E-state index is -5.08. The van der Waals surface area contributed by atoms with Gasteiger partial charge in [0, 0.05) is 13.1 Å². The van der Waals surface area contributed by atoms with E-state index in [-0.39, 0.29) is 12.1 Å². The van der Waals surface area contributed by atoms with Crippen molar-refractivity contribution in [2.24, 2.45) is 0 Å². The number of halogens is 3. The molecule has 4 N–H and O–H groups in total. The van der Waals surface area contributed by atoms with Crippen LogP contribution in [0, 0.1) is 0 Å². The van der Waals surface area contributed by atoms with Gasteiger partial charge in [0.1, 0.15) is 5.52 Å². The second kappa shape index (κ2) is 8.50. The molecule has 2 aromatic carbocycles. The van der Waals surface area contributed by atoms with Gasteiger partial charge in [0.25, 0.3) is 6.01 Å². The lowest BCUT2D eigenvalue weighted by atomic mass is 10.0. The molecule has 7 nitrogen and oxygen atoms in total. The highest BCUT2D eigenvalue weighted by Gasteiger charge is 2.38. The number of aliphatic carboxylic acids is 1. The first-order valence-corrected chi connectivity index (χ1v) is 8.63. The molecule has 0 saturated carbocycles. The number of morpholine rings is 1. The van der Waals surface area contributed by atoms with Crippen LogP contribution in [0.5, 0.6) is 0 Å². The molecule has 4 rings (SSSR count). The third kappa shape index (κ3) is 5.24. The van der Waals surface area contributed by atoms with Gasteiger partial charge in [0.05, 0.1) is 12.7 Å². The fourth-order valence-corrected chi connectivity index (χ4v) is 2.79. The van der Waals surface area contributed by atoms with Crippen molar-refractivity contribution in [2.45, 2.75) is 12.3 Å². The number of aromatic nitrogens is 1. The molecule has 3 aromatic rings. The standard InChI is InChI=1S/C17H17N3O2.C2HF3O2/c18-17-20-14-9-13(5-6-15(14)22-17)11-1-3-12(4-2-11)16-10-19-7-8-21-16;3-2(4,5)1(6)7/h1-6,9,16,19H,7-8,10H2,(H2,18,20);(H,6,7)/t16-;/m0./s1. The summed E-state index contributed by atoms with van der Waals surface area (Å²) >= 11 is 0. The largest absolute Gasteiger partial charge is 0.490 e. The zero-order valence-corrected chi connectivity index (χ0v) is 15.1. The first-order chi connectivity index (χ1) is 13.7. The van der Waals surface area contributed by atoms with E-state index in [0.717, 1.165) is 36.3 Å². The number of carbonyl (C=O) groups is 1.